The van der Waals surface area contributed by atoms with E-state index in [4.69, 9.17) is 0 Å². The van der Waals surface area contributed by atoms with Crippen LogP contribution in [0.3, 0.4) is 0 Å². The molecule has 2 aromatic heterocycles. The Morgan fingerprint density at radius 1 is 1.33 bits per heavy atom. The van der Waals surface area contributed by atoms with Gasteiger partial charge in [0.1, 0.15) is 0 Å². The molecule has 0 bridgehead atoms. The molecule has 0 aliphatic carbocycles. The summed E-state index contributed by atoms with van der Waals surface area (Å²) in [5.41, 5.74) is 0. The molecule has 0 aromatic carbocycles. The standard InChI is InChI=1S/C12H11F3N2S/c1-7(5-8-3-2-4-18-8)16-12-10(14)6-9(13)11(15)17-12/h2-4,6-7H,5H2,1H3,(H,16,17). The van der Waals surface area contributed by atoms with Gasteiger partial charge < -0.3 is 5.32 Å². The smallest absolute Gasteiger partial charge is 0.251 e. The van der Waals surface area contributed by atoms with Gasteiger partial charge in [-0.2, -0.15) is 9.37 Å². The molecule has 2 rings (SSSR count). The quantitative estimate of drug-likeness (QED) is 0.860. The maximum absolute atomic E-state index is 13.3. The van der Waals surface area contributed by atoms with Gasteiger partial charge in [0.25, 0.3) is 5.95 Å². The van der Waals surface area contributed by atoms with E-state index < -0.39 is 17.6 Å². The van der Waals surface area contributed by atoms with Crippen LogP contribution in [0.15, 0.2) is 23.6 Å². The number of nitrogens with zero attached hydrogens (tertiary/aromatic N) is 1. The van der Waals surface area contributed by atoms with Crippen LogP contribution < -0.4 is 5.32 Å². The molecule has 6 heteroatoms. The number of hydrogen-bond acceptors (Lipinski definition) is 3. The minimum atomic E-state index is -1.30. The molecule has 0 spiro atoms. The van der Waals surface area contributed by atoms with Gasteiger partial charge in [-0.05, 0) is 18.4 Å². The third kappa shape index (κ3) is 3.01. The monoisotopic (exact) mass is 272 g/mol. The molecule has 0 amide bonds. The first-order chi connectivity index (χ1) is 8.56. The molecule has 2 nitrogen and oxygen atoms in total. The molecule has 0 saturated carbocycles. The van der Waals surface area contributed by atoms with Crippen LogP contribution in [0.1, 0.15) is 11.8 Å². The number of thiophene rings is 1. The van der Waals surface area contributed by atoms with Gasteiger partial charge >= 0.3 is 0 Å². The van der Waals surface area contributed by atoms with Gasteiger partial charge in [0, 0.05) is 23.4 Å². The molecule has 18 heavy (non-hydrogen) atoms. The van der Waals surface area contributed by atoms with Gasteiger partial charge in [0.2, 0.25) is 0 Å². The van der Waals surface area contributed by atoms with Crippen LogP contribution in [0.5, 0.6) is 0 Å². The minimum Gasteiger partial charge on any atom is -0.365 e. The van der Waals surface area contributed by atoms with E-state index in [1.807, 2.05) is 24.4 Å². The number of anilines is 1. The lowest BCUT2D eigenvalue weighted by Gasteiger charge is -2.14. The van der Waals surface area contributed by atoms with E-state index in [9.17, 15) is 13.2 Å². The van der Waals surface area contributed by atoms with Crippen molar-refractivity contribution in [2.45, 2.75) is 19.4 Å². The van der Waals surface area contributed by atoms with Crippen molar-refractivity contribution in [1.29, 1.82) is 0 Å². The zero-order chi connectivity index (χ0) is 13.1. The van der Waals surface area contributed by atoms with Crippen LogP contribution in [0, 0.1) is 17.6 Å². The van der Waals surface area contributed by atoms with Crippen molar-refractivity contribution in [2.75, 3.05) is 5.32 Å². The molecule has 1 N–H and O–H groups in total. The summed E-state index contributed by atoms with van der Waals surface area (Å²) in [6.45, 7) is 1.82. The van der Waals surface area contributed by atoms with Gasteiger partial charge in [0.05, 0.1) is 0 Å². The second-order valence-corrected chi connectivity index (χ2v) is 4.95. The predicted octanol–water partition coefficient (Wildman–Crippen LogP) is 3.60. The molecule has 2 heterocycles. The van der Waals surface area contributed by atoms with Gasteiger partial charge in [0.15, 0.2) is 17.5 Å². The highest BCUT2D eigenvalue weighted by Gasteiger charge is 2.13. The number of rotatable bonds is 4. The first-order valence-electron chi connectivity index (χ1n) is 5.36. The highest BCUT2D eigenvalue weighted by molar-refractivity contribution is 7.09. The third-order valence-electron chi connectivity index (χ3n) is 2.36. The zero-order valence-electron chi connectivity index (χ0n) is 9.58. The van der Waals surface area contributed by atoms with E-state index in [1.165, 1.54) is 0 Å². The maximum Gasteiger partial charge on any atom is 0.251 e. The molecule has 96 valence electrons. The van der Waals surface area contributed by atoms with E-state index in [0.29, 0.717) is 12.5 Å². The second kappa shape index (κ2) is 5.39. The number of hydrogen-bond donors (Lipinski definition) is 1. The summed E-state index contributed by atoms with van der Waals surface area (Å²) in [7, 11) is 0. The SMILES string of the molecule is CC(Cc1cccs1)Nc1nc(F)c(F)cc1F. The normalized spacial score (nSPS) is 12.4. The molecular formula is C12H11F3N2S. The summed E-state index contributed by atoms with van der Waals surface area (Å²) in [5, 5.41) is 4.67. The first kappa shape index (κ1) is 12.9. The van der Waals surface area contributed by atoms with E-state index in [0.717, 1.165) is 4.88 Å². The second-order valence-electron chi connectivity index (χ2n) is 3.92. The molecular weight excluding hydrogens is 261 g/mol. The van der Waals surface area contributed by atoms with Crippen molar-refractivity contribution in [2.24, 2.45) is 0 Å². The highest BCUT2D eigenvalue weighted by Crippen LogP contribution is 2.17. The summed E-state index contributed by atoms with van der Waals surface area (Å²) in [6, 6.07) is 4.24. The molecule has 0 aliphatic rings. The largest absolute Gasteiger partial charge is 0.365 e. The summed E-state index contributed by atoms with van der Waals surface area (Å²) < 4.78 is 38.9. The lowest BCUT2D eigenvalue weighted by Crippen LogP contribution is -2.20. The maximum atomic E-state index is 13.3. The van der Waals surface area contributed by atoms with Gasteiger partial charge in [-0.25, -0.2) is 8.78 Å². The van der Waals surface area contributed by atoms with Crippen molar-refractivity contribution < 1.29 is 13.2 Å². The predicted molar refractivity (Wildman–Crippen MR) is 65.2 cm³/mol. The molecule has 0 aliphatic heterocycles. The Kier molecular flexibility index (Phi) is 3.86. The Labute approximate surface area is 106 Å². The Bertz CT molecular complexity index is 528. The average molecular weight is 272 g/mol. The zero-order valence-corrected chi connectivity index (χ0v) is 10.4. The lowest BCUT2D eigenvalue weighted by atomic mass is 10.2. The highest BCUT2D eigenvalue weighted by atomic mass is 32.1. The van der Waals surface area contributed by atoms with Crippen LogP contribution in [0.25, 0.3) is 0 Å². The van der Waals surface area contributed by atoms with Gasteiger partial charge in [-0.3, -0.25) is 0 Å². The Balaban J connectivity index is 2.07. The minimum absolute atomic E-state index is 0.129. The van der Waals surface area contributed by atoms with Crippen LogP contribution in [0.4, 0.5) is 19.0 Å². The molecule has 1 atom stereocenters. The summed E-state index contributed by atoms with van der Waals surface area (Å²) >= 11 is 1.58. The lowest BCUT2D eigenvalue weighted by molar-refractivity contribution is 0.465. The number of aromatic nitrogens is 1. The molecule has 0 saturated heterocycles. The van der Waals surface area contributed by atoms with Crippen molar-refractivity contribution >= 4 is 17.2 Å². The van der Waals surface area contributed by atoms with Crippen molar-refractivity contribution in [3.8, 4) is 0 Å². The Hall–Kier alpha value is -1.56. The molecule has 0 fully saturated rings. The Morgan fingerprint density at radius 2 is 2.11 bits per heavy atom. The average Bonchev–Trinajstić information content (AvgIpc) is 2.78. The van der Waals surface area contributed by atoms with Crippen LogP contribution >= 0.6 is 11.3 Å². The van der Waals surface area contributed by atoms with Gasteiger partial charge in [-0.1, -0.05) is 6.07 Å². The summed E-state index contributed by atoms with van der Waals surface area (Å²) in [6.07, 6.45) is 0.664. The number of pyridine rings is 1. The third-order valence-corrected chi connectivity index (χ3v) is 3.26. The number of nitrogens with one attached hydrogen (secondary N) is 1. The fourth-order valence-electron chi connectivity index (χ4n) is 1.56. The molecule has 2 aromatic rings. The summed E-state index contributed by atoms with van der Waals surface area (Å²) in [5.74, 6) is -3.75. The first-order valence-corrected chi connectivity index (χ1v) is 6.24. The van der Waals surface area contributed by atoms with E-state index in [1.54, 1.807) is 11.3 Å². The fourth-order valence-corrected chi connectivity index (χ4v) is 2.40. The van der Waals surface area contributed by atoms with Crippen molar-refractivity contribution in [1.82, 2.24) is 4.98 Å². The molecule has 1 unspecified atom stereocenters. The fraction of sp³-hybridized carbons (Fsp3) is 0.250. The van der Waals surface area contributed by atoms with Crippen molar-refractivity contribution in [3.63, 3.8) is 0 Å². The van der Waals surface area contributed by atoms with E-state index in [2.05, 4.69) is 10.3 Å². The van der Waals surface area contributed by atoms with Crippen LogP contribution in [-0.4, -0.2) is 11.0 Å². The van der Waals surface area contributed by atoms with Gasteiger partial charge in [-0.15, -0.1) is 11.3 Å². The Morgan fingerprint density at radius 3 is 2.78 bits per heavy atom. The number of halogens is 3. The van der Waals surface area contributed by atoms with E-state index in [-0.39, 0.29) is 11.9 Å². The van der Waals surface area contributed by atoms with Crippen LogP contribution in [0.2, 0.25) is 0 Å². The van der Waals surface area contributed by atoms with E-state index >= 15 is 0 Å². The van der Waals surface area contributed by atoms with Crippen molar-refractivity contribution in [3.05, 3.63) is 46.0 Å². The summed E-state index contributed by atoms with van der Waals surface area (Å²) in [4.78, 5) is 4.34. The molecule has 0 radical (unpaired) electrons. The van der Waals surface area contributed by atoms with Crippen LogP contribution in [-0.2, 0) is 6.42 Å². The topological polar surface area (TPSA) is 24.9 Å².